The number of hydrogen-bond donors (Lipinski definition) is 1. The maximum absolute atomic E-state index is 12.6. The Morgan fingerprint density at radius 1 is 1.14 bits per heavy atom. The van der Waals surface area contributed by atoms with Crippen molar-refractivity contribution in [1.29, 1.82) is 5.26 Å². The van der Waals surface area contributed by atoms with Crippen molar-refractivity contribution in [2.24, 2.45) is 0 Å². The smallest absolute Gasteiger partial charge is 0.266 e. The SMILES string of the molecule is CCCOc1ccc(/C=C(/C#N)C(=O)Nc2cccc(C)c2C)cc1OCC. The third-order valence-corrected chi connectivity index (χ3v) is 4.26. The molecule has 0 atom stereocenters. The quantitative estimate of drug-likeness (QED) is 0.516. The van der Waals surface area contributed by atoms with Crippen LogP contribution in [0.5, 0.6) is 11.5 Å². The number of aryl methyl sites for hydroxylation is 1. The fourth-order valence-electron chi connectivity index (χ4n) is 2.61. The maximum atomic E-state index is 12.6. The van der Waals surface area contributed by atoms with Crippen LogP contribution >= 0.6 is 0 Å². The highest BCUT2D eigenvalue weighted by atomic mass is 16.5. The Morgan fingerprint density at radius 3 is 2.61 bits per heavy atom. The topological polar surface area (TPSA) is 71.3 Å². The lowest BCUT2D eigenvalue weighted by Crippen LogP contribution is -2.14. The van der Waals surface area contributed by atoms with Gasteiger partial charge in [-0.2, -0.15) is 5.26 Å². The molecule has 0 aromatic heterocycles. The lowest BCUT2D eigenvalue weighted by atomic mass is 10.1. The zero-order valence-corrected chi connectivity index (χ0v) is 16.8. The third kappa shape index (κ3) is 5.37. The summed E-state index contributed by atoms with van der Waals surface area (Å²) in [5, 5.41) is 12.3. The Bertz CT molecular complexity index is 911. The van der Waals surface area contributed by atoms with Gasteiger partial charge in [0.15, 0.2) is 11.5 Å². The van der Waals surface area contributed by atoms with Crippen molar-refractivity contribution in [2.45, 2.75) is 34.1 Å². The molecule has 0 bridgehead atoms. The number of ether oxygens (including phenoxy) is 2. The number of nitrogens with one attached hydrogen (secondary N) is 1. The molecular weight excluding hydrogens is 352 g/mol. The first kappa shape index (κ1) is 21.0. The van der Waals surface area contributed by atoms with Gasteiger partial charge in [-0.3, -0.25) is 4.79 Å². The van der Waals surface area contributed by atoms with Crippen molar-refractivity contribution < 1.29 is 14.3 Å². The number of nitrogens with zero attached hydrogens (tertiary/aromatic N) is 1. The molecule has 2 aromatic rings. The van der Waals surface area contributed by atoms with Crippen LogP contribution in [0.1, 0.15) is 37.0 Å². The molecule has 0 saturated carbocycles. The summed E-state index contributed by atoms with van der Waals surface area (Å²) in [7, 11) is 0. The molecule has 2 rings (SSSR count). The lowest BCUT2D eigenvalue weighted by molar-refractivity contribution is -0.112. The second-order valence-electron chi connectivity index (χ2n) is 6.36. The van der Waals surface area contributed by atoms with E-state index >= 15 is 0 Å². The van der Waals surface area contributed by atoms with E-state index in [0.717, 1.165) is 17.5 Å². The standard InChI is InChI=1S/C23H26N2O3/c1-5-12-28-21-11-10-18(14-22(21)27-6-2)13-19(15-24)23(26)25-20-9-7-8-16(3)17(20)4/h7-11,13-14H,5-6,12H2,1-4H3,(H,25,26)/b19-13-. The Kier molecular flexibility index (Phi) is 7.65. The molecule has 0 spiro atoms. The van der Waals surface area contributed by atoms with Crippen LogP contribution in [-0.4, -0.2) is 19.1 Å². The Labute approximate surface area is 166 Å². The summed E-state index contributed by atoms with van der Waals surface area (Å²) in [5.41, 5.74) is 3.46. The predicted octanol–water partition coefficient (Wildman–Crippen LogP) is 5.04. The molecule has 5 nitrogen and oxygen atoms in total. The second kappa shape index (κ2) is 10.2. The summed E-state index contributed by atoms with van der Waals surface area (Å²) in [5.74, 6) is 0.802. The summed E-state index contributed by atoms with van der Waals surface area (Å²) in [6.45, 7) is 8.92. The average Bonchev–Trinajstić information content (AvgIpc) is 2.69. The van der Waals surface area contributed by atoms with Crippen molar-refractivity contribution in [3.8, 4) is 17.6 Å². The van der Waals surface area contributed by atoms with Crippen LogP contribution < -0.4 is 14.8 Å². The van der Waals surface area contributed by atoms with Crippen LogP contribution in [-0.2, 0) is 4.79 Å². The van der Waals surface area contributed by atoms with E-state index < -0.39 is 5.91 Å². The van der Waals surface area contributed by atoms with Gasteiger partial charge >= 0.3 is 0 Å². The van der Waals surface area contributed by atoms with E-state index in [1.165, 1.54) is 0 Å². The molecule has 0 radical (unpaired) electrons. The van der Waals surface area contributed by atoms with E-state index in [0.29, 0.717) is 36.0 Å². The minimum absolute atomic E-state index is 0.0191. The fourth-order valence-corrected chi connectivity index (χ4v) is 2.61. The van der Waals surface area contributed by atoms with Crippen LogP contribution in [0.15, 0.2) is 42.0 Å². The van der Waals surface area contributed by atoms with Crippen LogP contribution in [0, 0.1) is 25.2 Å². The summed E-state index contributed by atoms with van der Waals surface area (Å²) < 4.78 is 11.3. The predicted molar refractivity (Wildman–Crippen MR) is 112 cm³/mol. The molecule has 0 saturated heterocycles. The van der Waals surface area contributed by atoms with Gasteiger partial charge in [-0.1, -0.05) is 25.1 Å². The molecule has 2 aromatic carbocycles. The van der Waals surface area contributed by atoms with Crippen molar-refractivity contribution in [3.63, 3.8) is 0 Å². The molecule has 28 heavy (non-hydrogen) atoms. The molecule has 1 amide bonds. The highest BCUT2D eigenvalue weighted by Crippen LogP contribution is 2.29. The zero-order valence-electron chi connectivity index (χ0n) is 16.8. The van der Waals surface area contributed by atoms with E-state index in [-0.39, 0.29) is 5.57 Å². The molecule has 146 valence electrons. The number of anilines is 1. The van der Waals surface area contributed by atoms with Gasteiger partial charge in [-0.05, 0) is 68.2 Å². The van der Waals surface area contributed by atoms with Gasteiger partial charge < -0.3 is 14.8 Å². The molecule has 5 heteroatoms. The summed E-state index contributed by atoms with van der Waals surface area (Å²) in [6.07, 6.45) is 2.44. The van der Waals surface area contributed by atoms with E-state index in [4.69, 9.17) is 9.47 Å². The Morgan fingerprint density at radius 2 is 1.93 bits per heavy atom. The first-order valence-corrected chi connectivity index (χ1v) is 9.39. The number of nitriles is 1. The molecule has 0 unspecified atom stereocenters. The van der Waals surface area contributed by atoms with Crippen LogP contribution in [0.25, 0.3) is 6.08 Å². The first-order valence-electron chi connectivity index (χ1n) is 9.39. The van der Waals surface area contributed by atoms with Gasteiger partial charge in [0.05, 0.1) is 13.2 Å². The van der Waals surface area contributed by atoms with E-state index in [2.05, 4.69) is 5.32 Å². The number of carbonyl (C=O) groups excluding carboxylic acids is 1. The van der Waals surface area contributed by atoms with Gasteiger partial charge in [0, 0.05) is 5.69 Å². The monoisotopic (exact) mass is 378 g/mol. The van der Waals surface area contributed by atoms with E-state index in [1.54, 1.807) is 24.3 Å². The molecule has 0 aliphatic rings. The number of rotatable bonds is 8. The van der Waals surface area contributed by atoms with Crippen molar-refractivity contribution in [2.75, 3.05) is 18.5 Å². The first-order chi connectivity index (χ1) is 13.5. The normalized spacial score (nSPS) is 10.9. The van der Waals surface area contributed by atoms with Crippen LogP contribution in [0.4, 0.5) is 5.69 Å². The number of hydrogen-bond acceptors (Lipinski definition) is 4. The zero-order chi connectivity index (χ0) is 20.5. The minimum atomic E-state index is -0.444. The molecule has 0 heterocycles. The molecule has 0 aliphatic heterocycles. The number of amides is 1. The molecule has 0 aliphatic carbocycles. The van der Waals surface area contributed by atoms with Crippen LogP contribution in [0.3, 0.4) is 0 Å². The van der Waals surface area contributed by atoms with Gasteiger partial charge in [0.25, 0.3) is 5.91 Å². The minimum Gasteiger partial charge on any atom is -0.490 e. The average molecular weight is 378 g/mol. The van der Waals surface area contributed by atoms with Crippen LogP contribution in [0.2, 0.25) is 0 Å². The second-order valence-corrected chi connectivity index (χ2v) is 6.36. The van der Waals surface area contributed by atoms with Gasteiger partial charge in [-0.25, -0.2) is 0 Å². The summed E-state index contributed by atoms with van der Waals surface area (Å²) in [4.78, 5) is 12.6. The third-order valence-electron chi connectivity index (χ3n) is 4.26. The largest absolute Gasteiger partial charge is 0.490 e. The van der Waals surface area contributed by atoms with E-state index in [9.17, 15) is 10.1 Å². The van der Waals surface area contributed by atoms with Crippen molar-refractivity contribution >= 4 is 17.7 Å². The van der Waals surface area contributed by atoms with Gasteiger partial charge in [-0.15, -0.1) is 0 Å². The molecule has 0 fully saturated rings. The number of carbonyl (C=O) groups is 1. The highest BCUT2D eigenvalue weighted by Gasteiger charge is 2.13. The Hall–Kier alpha value is -3.26. The molecule has 1 N–H and O–H groups in total. The van der Waals surface area contributed by atoms with Crippen molar-refractivity contribution in [3.05, 3.63) is 58.7 Å². The van der Waals surface area contributed by atoms with Crippen molar-refractivity contribution in [1.82, 2.24) is 0 Å². The summed E-state index contributed by atoms with van der Waals surface area (Å²) >= 11 is 0. The summed E-state index contributed by atoms with van der Waals surface area (Å²) in [6, 6.07) is 13.0. The van der Waals surface area contributed by atoms with Gasteiger partial charge in [0.2, 0.25) is 0 Å². The van der Waals surface area contributed by atoms with E-state index in [1.807, 2.05) is 52.0 Å². The molecular formula is C23H26N2O3. The lowest BCUT2D eigenvalue weighted by Gasteiger charge is -2.12. The Balaban J connectivity index is 2.27. The maximum Gasteiger partial charge on any atom is 0.266 e. The number of benzene rings is 2. The van der Waals surface area contributed by atoms with Gasteiger partial charge in [0.1, 0.15) is 11.6 Å². The highest BCUT2D eigenvalue weighted by molar-refractivity contribution is 6.10. The fraction of sp³-hybridized carbons (Fsp3) is 0.304.